The molecule has 1 aliphatic heterocycles. The number of benzene rings is 3. The van der Waals surface area contributed by atoms with E-state index in [1.165, 1.54) is 4.90 Å². The van der Waals surface area contributed by atoms with Gasteiger partial charge in [-0.25, -0.2) is 0 Å². The molecule has 0 aromatic heterocycles. The Bertz CT molecular complexity index is 1300. The molecule has 7 heteroatoms. The smallest absolute Gasteiger partial charge is 0.293 e. The summed E-state index contributed by atoms with van der Waals surface area (Å²) < 4.78 is 11.8. The first-order chi connectivity index (χ1) is 16.9. The van der Waals surface area contributed by atoms with Crippen LogP contribution in [0.5, 0.6) is 11.5 Å². The van der Waals surface area contributed by atoms with E-state index in [2.05, 4.69) is 0 Å². The van der Waals surface area contributed by atoms with Gasteiger partial charge in [0, 0.05) is 0 Å². The van der Waals surface area contributed by atoms with Crippen LogP contribution in [-0.4, -0.2) is 22.7 Å². The molecule has 4 rings (SSSR count). The largest absolute Gasteiger partial charge is 0.490 e. The fraction of sp³-hybridized carbons (Fsp3) is 0.214. The van der Waals surface area contributed by atoms with E-state index in [9.17, 15) is 9.59 Å². The Morgan fingerprint density at radius 1 is 0.943 bits per heavy atom. The molecule has 0 unspecified atom stereocenters. The summed E-state index contributed by atoms with van der Waals surface area (Å²) in [6.45, 7) is 6.88. The van der Waals surface area contributed by atoms with E-state index < -0.39 is 0 Å². The maximum atomic E-state index is 13.0. The molecule has 0 spiro atoms. The molecule has 0 bridgehead atoms. The van der Waals surface area contributed by atoms with Gasteiger partial charge in [-0.3, -0.25) is 14.5 Å². The Hall–Kier alpha value is -3.22. The lowest BCUT2D eigenvalue weighted by Gasteiger charge is -2.15. The minimum Gasteiger partial charge on any atom is -0.490 e. The lowest BCUT2D eigenvalue weighted by atomic mass is 10.1. The van der Waals surface area contributed by atoms with Crippen molar-refractivity contribution in [1.29, 1.82) is 0 Å². The number of aryl methyl sites for hydroxylation is 2. The normalized spacial score (nSPS) is 14.6. The second-order valence-corrected chi connectivity index (χ2v) is 9.57. The van der Waals surface area contributed by atoms with Crippen molar-refractivity contribution in [1.82, 2.24) is 4.90 Å². The minimum absolute atomic E-state index is 0.241. The molecular weight excluding hydrogens is 482 g/mol. The van der Waals surface area contributed by atoms with Crippen LogP contribution in [0.15, 0.2) is 65.6 Å². The van der Waals surface area contributed by atoms with Crippen molar-refractivity contribution in [2.45, 2.75) is 33.9 Å². The Labute approximate surface area is 214 Å². The Kier molecular flexibility index (Phi) is 7.83. The zero-order valence-electron chi connectivity index (χ0n) is 19.8. The van der Waals surface area contributed by atoms with Crippen LogP contribution in [0.3, 0.4) is 0 Å². The first-order valence-corrected chi connectivity index (χ1v) is 12.5. The monoisotopic (exact) mass is 507 g/mol. The molecule has 3 aromatic rings. The molecule has 1 heterocycles. The highest BCUT2D eigenvalue weighted by molar-refractivity contribution is 8.18. The van der Waals surface area contributed by atoms with Crippen molar-refractivity contribution < 1.29 is 19.1 Å². The average Bonchev–Trinajstić information content (AvgIpc) is 3.08. The van der Waals surface area contributed by atoms with Crippen LogP contribution in [0.2, 0.25) is 5.02 Å². The first-order valence-electron chi connectivity index (χ1n) is 11.3. The summed E-state index contributed by atoms with van der Waals surface area (Å²) in [4.78, 5) is 27.2. The molecule has 3 aromatic carbocycles. The van der Waals surface area contributed by atoms with Gasteiger partial charge in [-0.05, 0) is 78.6 Å². The topological polar surface area (TPSA) is 55.8 Å². The number of thioether (sulfide) groups is 1. The molecule has 1 aliphatic rings. The first kappa shape index (κ1) is 24.9. The van der Waals surface area contributed by atoms with E-state index in [0.29, 0.717) is 40.2 Å². The van der Waals surface area contributed by atoms with Crippen molar-refractivity contribution in [2.75, 3.05) is 6.61 Å². The van der Waals surface area contributed by atoms with Crippen molar-refractivity contribution in [3.05, 3.63) is 98.4 Å². The Morgan fingerprint density at radius 2 is 1.60 bits per heavy atom. The molecule has 1 fully saturated rings. The lowest BCUT2D eigenvalue weighted by Crippen LogP contribution is -2.27. The number of amides is 2. The summed E-state index contributed by atoms with van der Waals surface area (Å²) in [6.07, 6.45) is 1.67. The Balaban J connectivity index is 1.57. The number of rotatable bonds is 8. The molecule has 2 amide bonds. The number of hydrogen-bond donors (Lipinski definition) is 0. The summed E-state index contributed by atoms with van der Waals surface area (Å²) in [5, 5.41) is 0.0775. The summed E-state index contributed by atoms with van der Waals surface area (Å²) in [5.41, 5.74) is 4.80. The SMILES string of the molecule is CCOc1cc(/C=C2\SC(=O)N(Cc3ccccc3C)C2=O)cc(Cl)c1OCc1ccccc1C. The van der Waals surface area contributed by atoms with Crippen LogP contribution >= 0.6 is 23.4 Å². The number of nitrogens with zero attached hydrogens (tertiary/aromatic N) is 1. The zero-order valence-corrected chi connectivity index (χ0v) is 21.4. The summed E-state index contributed by atoms with van der Waals surface area (Å²) in [7, 11) is 0. The highest BCUT2D eigenvalue weighted by atomic mass is 35.5. The van der Waals surface area contributed by atoms with Crippen LogP contribution < -0.4 is 9.47 Å². The summed E-state index contributed by atoms with van der Waals surface area (Å²) in [5.74, 6) is 0.609. The van der Waals surface area contributed by atoms with Gasteiger partial charge in [-0.2, -0.15) is 0 Å². The van der Waals surface area contributed by atoms with E-state index in [-0.39, 0.29) is 17.7 Å². The van der Waals surface area contributed by atoms with E-state index in [0.717, 1.165) is 34.0 Å². The number of hydrogen-bond acceptors (Lipinski definition) is 5. The molecule has 35 heavy (non-hydrogen) atoms. The summed E-state index contributed by atoms with van der Waals surface area (Å²) in [6, 6.07) is 19.2. The molecule has 5 nitrogen and oxygen atoms in total. The predicted molar refractivity (Wildman–Crippen MR) is 141 cm³/mol. The van der Waals surface area contributed by atoms with Gasteiger partial charge in [0.15, 0.2) is 11.5 Å². The fourth-order valence-electron chi connectivity index (χ4n) is 3.74. The number of ether oxygens (including phenoxy) is 2. The third-order valence-corrected chi connectivity index (χ3v) is 6.91. The fourth-order valence-corrected chi connectivity index (χ4v) is 4.85. The van der Waals surface area contributed by atoms with Gasteiger partial charge in [0.1, 0.15) is 6.61 Å². The zero-order chi connectivity index (χ0) is 24.9. The minimum atomic E-state index is -0.322. The van der Waals surface area contributed by atoms with Gasteiger partial charge in [-0.1, -0.05) is 60.1 Å². The number of imide groups is 1. The molecule has 0 saturated carbocycles. The number of halogens is 1. The van der Waals surface area contributed by atoms with E-state index in [1.807, 2.05) is 69.3 Å². The highest BCUT2D eigenvalue weighted by Gasteiger charge is 2.35. The third kappa shape index (κ3) is 5.72. The van der Waals surface area contributed by atoms with Crippen LogP contribution in [0.25, 0.3) is 6.08 Å². The van der Waals surface area contributed by atoms with Gasteiger partial charge in [-0.15, -0.1) is 0 Å². The molecule has 1 saturated heterocycles. The maximum Gasteiger partial charge on any atom is 0.293 e. The van der Waals surface area contributed by atoms with Crippen molar-refractivity contribution >= 4 is 40.6 Å². The van der Waals surface area contributed by atoms with Gasteiger partial charge in [0.25, 0.3) is 11.1 Å². The van der Waals surface area contributed by atoms with Crippen LogP contribution in [0, 0.1) is 13.8 Å². The molecular formula is C28H26ClNO4S. The quantitative estimate of drug-likeness (QED) is 0.302. The van der Waals surface area contributed by atoms with E-state index in [1.54, 1.807) is 18.2 Å². The predicted octanol–water partition coefficient (Wildman–Crippen LogP) is 7.17. The van der Waals surface area contributed by atoms with Gasteiger partial charge in [0.05, 0.1) is 23.1 Å². The lowest BCUT2D eigenvalue weighted by molar-refractivity contribution is -0.123. The van der Waals surface area contributed by atoms with E-state index >= 15 is 0 Å². The van der Waals surface area contributed by atoms with Crippen molar-refractivity contribution in [3.63, 3.8) is 0 Å². The molecule has 0 atom stereocenters. The number of carbonyl (C=O) groups is 2. The van der Waals surface area contributed by atoms with Crippen LogP contribution in [-0.2, 0) is 17.9 Å². The molecule has 0 aliphatic carbocycles. The van der Waals surface area contributed by atoms with E-state index in [4.69, 9.17) is 21.1 Å². The second-order valence-electron chi connectivity index (χ2n) is 8.17. The third-order valence-electron chi connectivity index (χ3n) is 5.73. The van der Waals surface area contributed by atoms with Gasteiger partial charge in [0.2, 0.25) is 0 Å². The average molecular weight is 508 g/mol. The molecule has 0 N–H and O–H groups in total. The summed E-state index contributed by atoms with van der Waals surface area (Å²) >= 11 is 7.50. The Morgan fingerprint density at radius 3 is 2.26 bits per heavy atom. The van der Waals surface area contributed by atoms with Gasteiger partial charge >= 0.3 is 0 Å². The molecule has 180 valence electrons. The van der Waals surface area contributed by atoms with Crippen LogP contribution in [0.1, 0.15) is 34.7 Å². The van der Waals surface area contributed by atoms with Crippen LogP contribution in [0.4, 0.5) is 4.79 Å². The second kappa shape index (κ2) is 11.0. The molecule has 0 radical (unpaired) electrons. The maximum absolute atomic E-state index is 13.0. The highest BCUT2D eigenvalue weighted by Crippen LogP contribution is 2.40. The number of carbonyl (C=O) groups excluding carboxylic acids is 2. The standard InChI is InChI=1S/C28H26ClNO4S/c1-4-33-24-14-20(13-23(29)26(24)34-17-22-12-8-6-10-19(22)3)15-25-27(31)30(28(32)35-25)16-21-11-7-5-9-18(21)2/h5-15H,4,16-17H2,1-3H3/b25-15-. The van der Waals surface area contributed by atoms with Gasteiger partial charge < -0.3 is 9.47 Å². The van der Waals surface area contributed by atoms with Crippen molar-refractivity contribution in [3.8, 4) is 11.5 Å². The van der Waals surface area contributed by atoms with Crippen molar-refractivity contribution in [2.24, 2.45) is 0 Å².